The number of amides is 2. The highest BCUT2D eigenvalue weighted by Gasteiger charge is 2.28. The highest BCUT2D eigenvalue weighted by Crippen LogP contribution is 2.26. The summed E-state index contributed by atoms with van der Waals surface area (Å²) in [6, 6.07) is 12.1. The monoisotopic (exact) mass is 486 g/mol. The van der Waals surface area contributed by atoms with Crippen LogP contribution >= 0.6 is 46.6 Å². The van der Waals surface area contributed by atoms with Crippen molar-refractivity contribution < 1.29 is 9.59 Å². The van der Waals surface area contributed by atoms with E-state index >= 15 is 0 Å². The van der Waals surface area contributed by atoms with Crippen LogP contribution in [0.1, 0.15) is 31.4 Å². The van der Waals surface area contributed by atoms with Crippen molar-refractivity contribution in [3.63, 3.8) is 0 Å². The Labute approximate surface area is 197 Å². The molecule has 2 aromatic carbocycles. The summed E-state index contributed by atoms with van der Waals surface area (Å²) in [6.45, 7) is 4.54. The van der Waals surface area contributed by atoms with E-state index in [1.807, 2.05) is 38.1 Å². The summed E-state index contributed by atoms with van der Waals surface area (Å²) in [5.74, 6) is 0.508. The third-order valence-electron chi connectivity index (χ3n) is 4.53. The highest BCUT2D eigenvalue weighted by atomic mass is 35.5. The maximum absolute atomic E-state index is 13.1. The summed E-state index contributed by atoms with van der Waals surface area (Å²) in [5, 5.41) is 4.54. The van der Waals surface area contributed by atoms with E-state index < -0.39 is 6.04 Å². The van der Waals surface area contributed by atoms with Gasteiger partial charge in [0.15, 0.2) is 0 Å². The molecule has 0 saturated heterocycles. The number of halogens is 3. The molecule has 2 rings (SSSR count). The Morgan fingerprint density at radius 3 is 2.40 bits per heavy atom. The molecule has 2 amide bonds. The summed E-state index contributed by atoms with van der Waals surface area (Å²) >= 11 is 19.9. The van der Waals surface area contributed by atoms with Gasteiger partial charge < -0.3 is 10.2 Å². The van der Waals surface area contributed by atoms with Crippen LogP contribution in [0.4, 0.5) is 0 Å². The molecule has 1 atom stereocenters. The molecule has 0 aliphatic rings. The van der Waals surface area contributed by atoms with E-state index in [1.54, 1.807) is 23.1 Å². The number of benzene rings is 2. The van der Waals surface area contributed by atoms with Crippen molar-refractivity contribution in [1.82, 2.24) is 10.2 Å². The first-order chi connectivity index (χ1) is 14.4. The van der Waals surface area contributed by atoms with Crippen LogP contribution < -0.4 is 5.32 Å². The Kier molecular flexibility index (Phi) is 10.3. The number of hydrogen-bond acceptors (Lipinski definition) is 3. The highest BCUT2D eigenvalue weighted by molar-refractivity contribution is 7.99. The van der Waals surface area contributed by atoms with Crippen LogP contribution in [-0.2, 0) is 21.9 Å². The molecule has 0 unspecified atom stereocenters. The molecule has 0 aliphatic heterocycles. The Balaban J connectivity index is 2.14. The van der Waals surface area contributed by atoms with Crippen molar-refractivity contribution in [2.75, 3.05) is 12.3 Å². The van der Waals surface area contributed by atoms with Crippen molar-refractivity contribution in [3.8, 4) is 0 Å². The second-order valence-electron chi connectivity index (χ2n) is 6.66. The largest absolute Gasteiger partial charge is 0.355 e. The normalized spacial score (nSPS) is 11.8. The van der Waals surface area contributed by atoms with Crippen LogP contribution in [0, 0.1) is 0 Å². The van der Waals surface area contributed by atoms with E-state index in [2.05, 4.69) is 5.32 Å². The molecule has 0 aromatic heterocycles. The molecule has 0 radical (unpaired) electrons. The van der Waals surface area contributed by atoms with E-state index in [0.717, 1.165) is 11.1 Å². The molecular weight excluding hydrogens is 463 g/mol. The van der Waals surface area contributed by atoms with E-state index in [4.69, 9.17) is 34.8 Å². The number of likely N-dealkylation sites (N-methyl/N-ethyl adjacent to an activating group) is 1. The molecule has 4 nitrogen and oxygen atoms in total. The van der Waals surface area contributed by atoms with Gasteiger partial charge in [0.25, 0.3) is 0 Å². The lowest BCUT2D eigenvalue weighted by molar-refractivity contribution is -0.139. The molecule has 162 valence electrons. The van der Waals surface area contributed by atoms with Crippen molar-refractivity contribution in [3.05, 3.63) is 68.7 Å². The van der Waals surface area contributed by atoms with Gasteiger partial charge in [0.05, 0.1) is 5.75 Å². The van der Waals surface area contributed by atoms with Crippen LogP contribution in [0.25, 0.3) is 0 Å². The van der Waals surface area contributed by atoms with Crippen LogP contribution in [0.3, 0.4) is 0 Å². The number of hydrogen-bond donors (Lipinski definition) is 1. The van der Waals surface area contributed by atoms with Crippen LogP contribution in [0.15, 0.2) is 42.5 Å². The van der Waals surface area contributed by atoms with Crippen LogP contribution in [0.2, 0.25) is 15.1 Å². The van der Waals surface area contributed by atoms with E-state index in [-0.39, 0.29) is 24.1 Å². The van der Waals surface area contributed by atoms with Gasteiger partial charge in [-0.2, -0.15) is 0 Å². The van der Waals surface area contributed by atoms with E-state index in [9.17, 15) is 9.59 Å². The van der Waals surface area contributed by atoms with Gasteiger partial charge in [-0.05, 0) is 42.7 Å². The van der Waals surface area contributed by atoms with Gasteiger partial charge >= 0.3 is 0 Å². The standard InChI is InChI=1S/C22H25Cl3N2O2S/c1-3-20(22(29)26-4-2)27(12-15-7-5-6-8-18(15)24)21(28)14-30-13-16-9-10-17(23)11-19(16)25/h5-11,20H,3-4,12-14H2,1-2H3,(H,26,29)/t20-/m0/s1. The van der Waals surface area contributed by atoms with Gasteiger partial charge in [-0.1, -0.05) is 66.0 Å². The van der Waals surface area contributed by atoms with E-state index in [0.29, 0.717) is 33.8 Å². The average Bonchev–Trinajstić information content (AvgIpc) is 2.71. The lowest BCUT2D eigenvalue weighted by Crippen LogP contribution is -2.49. The number of nitrogens with one attached hydrogen (secondary N) is 1. The number of carbonyl (C=O) groups excluding carboxylic acids is 2. The van der Waals surface area contributed by atoms with Gasteiger partial charge in [0, 0.05) is 33.9 Å². The summed E-state index contributed by atoms with van der Waals surface area (Å²) in [4.78, 5) is 27.3. The zero-order valence-electron chi connectivity index (χ0n) is 17.0. The Bertz CT molecular complexity index is 879. The third-order valence-corrected chi connectivity index (χ3v) is 6.46. The minimum absolute atomic E-state index is 0.122. The zero-order chi connectivity index (χ0) is 22.1. The van der Waals surface area contributed by atoms with Gasteiger partial charge in [-0.3, -0.25) is 9.59 Å². The minimum atomic E-state index is -0.562. The fraction of sp³-hybridized carbons (Fsp3) is 0.364. The van der Waals surface area contributed by atoms with Gasteiger partial charge in [0.2, 0.25) is 11.8 Å². The minimum Gasteiger partial charge on any atom is -0.355 e. The quantitative estimate of drug-likeness (QED) is 0.459. The number of carbonyl (C=O) groups is 2. The molecule has 8 heteroatoms. The predicted octanol–water partition coefficient (Wildman–Crippen LogP) is 5.82. The topological polar surface area (TPSA) is 49.4 Å². The Hall–Kier alpha value is -1.40. The number of rotatable bonds is 10. The van der Waals surface area contributed by atoms with Gasteiger partial charge in [0.1, 0.15) is 6.04 Å². The second kappa shape index (κ2) is 12.5. The smallest absolute Gasteiger partial charge is 0.242 e. The van der Waals surface area contributed by atoms with Crippen molar-refractivity contribution in [2.45, 2.75) is 38.6 Å². The first kappa shape index (κ1) is 24.9. The molecule has 2 aromatic rings. The van der Waals surface area contributed by atoms with E-state index in [1.165, 1.54) is 11.8 Å². The first-order valence-electron chi connectivity index (χ1n) is 9.69. The van der Waals surface area contributed by atoms with Crippen molar-refractivity contribution >= 4 is 58.4 Å². The summed E-state index contributed by atoms with van der Waals surface area (Å²) < 4.78 is 0. The zero-order valence-corrected chi connectivity index (χ0v) is 20.0. The lowest BCUT2D eigenvalue weighted by atomic mass is 10.1. The fourth-order valence-corrected chi connectivity index (χ4v) is 4.66. The summed E-state index contributed by atoms with van der Waals surface area (Å²) in [7, 11) is 0. The fourth-order valence-electron chi connectivity index (χ4n) is 2.99. The lowest BCUT2D eigenvalue weighted by Gasteiger charge is -2.30. The molecule has 1 N–H and O–H groups in total. The van der Waals surface area contributed by atoms with Gasteiger partial charge in [-0.25, -0.2) is 0 Å². The Morgan fingerprint density at radius 2 is 1.77 bits per heavy atom. The molecule has 0 fully saturated rings. The maximum Gasteiger partial charge on any atom is 0.242 e. The molecule has 0 heterocycles. The van der Waals surface area contributed by atoms with Crippen LogP contribution in [-0.4, -0.2) is 35.1 Å². The Morgan fingerprint density at radius 1 is 1.03 bits per heavy atom. The maximum atomic E-state index is 13.1. The van der Waals surface area contributed by atoms with Gasteiger partial charge in [-0.15, -0.1) is 11.8 Å². The average molecular weight is 488 g/mol. The number of nitrogens with zero attached hydrogens (tertiary/aromatic N) is 1. The van der Waals surface area contributed by atoms with Crippen molar-refractivity contribution in [2.24, 2.45) is 0 Å². The third kappa shape index (κ3) is 7.09. The summed E-state index contributed by atoms with van der Waals surface area (Å²) in [6.07, 6.45) is 0.510. The molecule has 0 saturated carbocycles. The second-order valence-corrected chi connectivity index (χ2v) is 8.90. The molecular formula is C22H25Cl3N2O2S. The SMILES string of the molecule is CCNC(=O)[C@H](CC)N(Cc1ccccc1Cl)C(=O)CSCc1ccc(Cl)cc1Cl. The molecule has 0 aliphatic carbocycles. The van der Waals surface area contributed by atoms with Crippen LogP contribution in [0.5, 0.6) is 0 Å². The molecule has 30 heavy (non-hydrogen) atoms. The van der Waals surface area contributed by atoms with Crippen molar-refractivity contribution in [1.29, 1.82) is 0 Å². The number of thioether (sulfide) groups is 1. The first-order valence-corrected chi connectivity index (χ1v) is 12.0. The summed E-state index contributed by atoms with van der Waals surface area (Å²) in [5.41, 5.74) is 1.72. The molecule has 0 bridgehead atoms. The molecule has 0 spiro atoms. The predicted molar refractivity (Wildman–Crippen MR) is 127 cm³/mol.